The van der Waals surface area contributed by atoms with Gasteiger partial charge in [0, 0.05) is 5.97 Å². The van der Waals surface area contributed by atoms with Crippen LogP contribution < -0.4 is 34.7 Å². The monoisotopic (exact) mass is 147 g/mol. The number of aliphatic carboxylic acids is 1. The molecular formula is C2H5NaO4P+. The maximum absolute atomic E-state index is 8.89. The van der Waals surface area contributed by atoms with E-state index in [1.165, 1.54) is 0 Å². The first kappa shape index (κ1) is 15.8. The Balaban J connectivity index is -0.0000000575. The van der Waals surface area contributed by atoms with Gasteiger partial charge in [-0.15, -0.1) is 0 Å². The number of hydrogen-bond donors (Lipinski definition) is 1. The molecule has 0 radical (unpaired) electrons. The third kappa shape index (κ3) is 711. The zero-order valence-corrected chi connectivity index (χ0v) is 7.67. The smallest absolute Gasteiger partial charge is 0.550 e. The molecule has 0 aromatic heterocycles. The fourth-order valence-corrected chi connectivity index (χ4v) is 0. The minimum atomic E-state index is -1.17. The van der Waals surface area contributed by atoms with Gasteiger partial charge in [-0.05, 0) is 11.5 Å². The van der Waals surface area contributed by atoms with Gasteiger partial charge >= 0.3 is 38.2 Å². The number of carboxylic acids is 1. The third-order valence-electron chi connectivity index (χ3n) is 0. The molecule has 0 rings (SSSR count). The zero-order valence-electron chi connectivity index (χ0n) is 4.67. The Labute approximate surface area is 70.5 Å². The van der Waals surface area contributed by atoms with Crippen molar-refractivity contribution in [3.8, 4) is 0 Å². The van der Waals surface area contributed by atoms with Crippen molar-refractivity contribution in [1.29, 1.82) is 0 Å². The minimum absolute atomic E-state index is 0. The van der Waals surface area contributed by atoms with Gasteiger partial charge in [-0.3, -0.25) is 0 Å². The Bertz CT molecular complexity index is 61.1. The fraction of sp³-hybridized carbons (Fsp3) is 0.500. The second-order valence-electron chi connectivity index (χ2n) is 0.583. The van der Waals surface area contributed by atoms with Crippen molar-refractivity contribution in [2.24, 2.45) is 0 Å². The molecule has 0 spiro atoms. The quantitative estimate of drug-likeness (QED) is 0.277. The molecule has 0 aromatic carbocycles. The largest absolute Gasteiger partial charge is 1.00 e. The molecule has 0 aromatic rings. The number of hydrogen-bond acceptors (Lipinski definition) is 3. The van der Waals surface area contributed by atoms with E-state index in [-0.39, 0.29) is 29.6 Å². The maximum Gasteiger partial charge on any atom is 1.00 e. The molecule has 1 N–H and O–H groups in total. The summed E-state index contributed by atoms with van der Waals surface area (Å²) in [5.74, 6) is -1.08. The van der Waals surface area contributed by atoms with Gasteiger partial charge in [0.15, 0.2) is 0 Å². The topological polar surface area (TPSA) is 77.4 Å². The van der Waals surface area contributed by atoms with E-state index in [0.29, 0.717) is 0 Å². The van der Waals surface area contributed by atoms with Gasteiger partial charge in [0.1, 0.15) is 0 Å². The molecule has 0 aliphatic carbocycles. The molecule has 0 aliphatic rings. The Morgan fingerprint density at radius 1 is 1.75 bits per heavy atom. The van der Waals surface area contributed by atoms with Crippen molar-refractivity contribution < 1.29 is 48.9 Å². The van der Waals surface area contributed by atoms with Crippen molar-refractivity contribution in [3.63, 3.8) is 0 Å². The molecule has 1 unspecified atom stereocenters. The van der Waals surface area contributed by atoms with Gasteiger partial charge in [-0.25, -0.2) is 0 Å². The first-order valence-electron chi connectivity index (χ1n) is 1.34. The van der Waals surface area contributed by atoms with Crippen LogP contribution in [0.5, 0.6) is 0 Å². The van der Waals surface area contributed by atoms with Gasteiger partial charge in [-0.1, -0.05) is 0 Å². The summed E-state index contributed by atoms with van der Waals surface area (Å²) in [5, 5.41) is 8.89. The normalized spacial score (nSPS) is 5.75. The fourth-order valence-electron chi connectivity index (χ4n) is 0. The summed E-state index contributed by atoms with van der Waals surface area (Å²) in [7, 11) is -1.17. The molecule has 0 saturated heterocycles. The van der Waals surface area contributed by atoms with E-state index >= 15 is 0 Å². The molecule has 0 saturated carbocycles. The Morgan fingerprint density at radius 3 is 1.75 bits per heavy atom. The van der Waals surface area contributed by atoms with Crippen molar-refractivity contribution in [2.45, 2.75) is 6.92 Å². The minimum Gasteiger partial charge on any atom is -0.550 e. The molecule has 0 aliphatic heterocycles. The van der Waals surface area contributed by atoms with Gasteiger partial charge < -0.3 is 9.90 Å². The van der Waals surface area contributed by atoms with Crippen LogP contribution in [0.4, 0.5) is 0 Å². The van der Waals surface area contributed by atoms with E-state index in [9.17, 15) is 0 Å². The van der Waals surface area contributed by atoms with Crippen LogP contribution in [0.25, 0.3) is 0 Å². The summed E-state index contributed by atoms with van der Waals surface area (Å²) in [4.78, 5) is 15.9. The first-order valence-corrected chi connectivity index (χ1v) is 2.19. The Kier molecular flexibility index (Phi) is 30.9. The zero-order chi connectivity index (χ0) is 6.28. The van der Waals surface area contributed by atoms with E-state index in [0.717, 1.165) is 6.92 Å². The van der Waals surface area contributed by atoms with E-state index < -0.39 is 14.7 Å². The van der Waals surface area contributed by atoms with Crippen LogP contribution in [-0.2, 0) is 9.36 Å². The van der Waals surface area contributed by atoms with Crippen molar-refractivity contribution in [3.05, 3.63) is 0 Å². The van der Waals surface area contributed by atoms with Crippen LogP contribution in [0.1, 0.15) is 6.92 Å². The SMILES string of the molecule is CC(=O)[O-].O=[PH+]O.[Na+]. The summed E-state index contributed by atoms with van der Waals surface area (Å²) in [5.41, 5.74) is 0. The Hall–Kier alpha value is 0.530. The average molecular weight is 147 g/mol. The second kappa shape index (κ2) is 15.6. The van der Waals surface area contributed by atoms with Crippen molar-refractivity contribution >= 4 is 14.7 Å². The standard InChI is InChI=1S/C2H4O2.Na.HO2P/c1-2(3)4;;1-3-2/h1H3,(H,3,4);;3H/q;+1;. The molecule has 0 amide bonds. The molecule has 4 nitrogen and oxygen atoms in total. The summed E-state index contributed by atoms with van der Waals surface area (Å²) in [6, 6.07) is 0. The second-order valence-corrected chi connectivity index (χ2v) is 0.765. The summed E-state index contributed by atoms with van der Waals surface area (Å²) >= 11 is 0. The van der Waals surface area contributed by atoms with Crippen LogP contribution in [0.15, 0.2) is 0 Å². The molecular weight excluding hydrogens is 142 g/mol. The summed E-state index contributed by atoms with van der Waals surface area (Å²) in [6.07, 6.45) is 0. The molecule has 0 heterocycles. The maximum atomic E-state index is 8.89. The van der Waals surface area contributed by atoms with Crippen LogP contribution in [0.2, 0.25) is 0 Å². The predicted octanol–water partition coefficient (Wildman–Crippen LogP) is -4.32. The van der Waals surface area contributed by atoms with Crippen LogP contribution in [0, 0.1) is 0 Å². The molecule has 6 heteroatoms. The van der Waals surface area contributed by atoms with Gasteiger partial charge in [0.2, 0.25) is 0 Å². The van der Waals surface area contributed by atoms with E-state index in [4.69, 9.17) is 19.4 Å². The van der Waals surface area contributed by atoms with Crippen molar-refractivity contribution in [1.82, 2.24) is 0 Å². The van der Waals surface area contributed by atoms with E-state index in [2.05, 4.69) is 0 Å². The molecule has 1 atom stereocenters. The van der Waals surface area contributed by atoms with Crippen LogP contribution in [0.3, 0.4) is 0 Å². The molecule has 8 heavy (non-hydrogen) atoms. The van der Waals surface area contributed by atoms with Crippen LogP contribution >= 0.6 is 8.69 Å². The van der Waals surface area contributed by atoms with Crippen molar-refractivity contribution in [2.75, 3.05) is 0 Å². The summed E-state index contributed by atoms with van der Waals surface area (Å²) in [6.45, 7) is 0.972. The molecule has 0 bridgehead atoms. The number of carbonyl (C=O) groups is 1. The van der Waals surface area contributed by atoms with Gasteiger partial charge in [0.05, 0.1) is 0 Å². The van der Waals surface area contributed by atoms with E-state index in [1.807, 2.05) is 0 Å². The average Bonchev–Trinajstić information content (AvgIpc) is 1.33. The third-order valence-corrected chi connectivity index (χ3v) is 0. The predicted molar refractivity (Wildman–Crippen MR) is 21.9 cm³/mol. The number of carboxylic acid groups (broad SMARTS) is 1. The number of rotatable bonds is 0. The number of carbonyl (C=O) groups excluding carboxylic acids is 1. The summed E-state index contributed by atoms with van der Waals surface area (Å²) < 4.78 is 8.51. The molecule has 0 fully saturated rings. The van der Waals surface area contributed by atoms with Crippen LogP contribution in [-0.4, -0.2) is 10.9 Å². The molecule has 42 valence electrons. The van der Waals surface area contributed by atoms with Gasteiger partial charge in [-0.2, -0.15) is 4.89 Å². The first-order chi connectivity index (χ1) is 3.15. The van der Waals surface area contributed by atoms with Gasteiger partial charge in [0.25, 0.3) is 0 Å². The van der Waals surface area contributed by atoms with E-state index in [1.54, 1.807) is 0 Å². The Morgan fingerprint density at radius 2 is 1.75 bits per heavy atom.